The molecule has 4 heteroatoms. The Kier molecular flexibility index (Phi) is 6.95. The molecule has 1 aromatic carbocycles. The van der Waals surface area contributed by atoms with Crippen LogP contribution in [0.3, 0.4) is 0 Å². The first-order valence-corrected chi connectivity index (χ1v) is 6.99. The molecule has 0 saturated heterocycles. The summed E-state index contributed by atoms with van der Waals surface area (Å²) in [5.74, 6) is -0.492. The van der Waals surface area contributed by atoms with Crippen LogP contribution >= 0.6 is 0 Å². The van der Waals surface area contributed by atoms with Gasteiger partial charge >= 0.3 is 0 Å². The van der Waals surface area contributed by atoms with E-state index in [4.69, 9.17) is 5.73 Å². The number of primary amides is 1. The number of hydrogen-bond acceptors (Lipinski definition) is 2. The molecule has 0 aliphatic rings. The lowest BCUT2D eigenvalue weighted by Gasteiger charge is -2.20. The van der Waals surface area contributed by atoms with Crippen molar-refractivity contribution in [3.63, 3.8) is 0 Å². The molecule has 2 amide bonds. The van der Waals surface area contributed by atoms with Gasteiger partial charge in [-0.15, -0.1) is 0 Å². The topological polar surface area (TPSA) is 72.2 Å². The molecule has 0 aliphatic heterocycles. The van der Waals surface area contributed by atoms with E-state index in [-0.39, 0.29) is 30.7 Å². The maximum atomic E-state index is 12.0. The Labute approximate surface area is 125 Å². The van der Waals surface area contributed by atoms with E-state index in [1.165, 1.54) is 0 Å². The highest BCUT2D eigenvalue weighted by molar-refractivity contribution is 5.78. The van der Waals surface area contributed by atoms with Gasteiger partial charge in [0.05, 0.1) is 6.04 Å². The first-order valence-electron chi connectivity index (χ1n) is 6.99. The van der Waals surface area contributed by atoms with Crippen molar-refractivity contribution >= 4 is 11.8 Å². The molecule has 21 heavy (non-hydrogen) atoms. The van der Waals surface area contributed by atoms with Crippen LogP contribution in [-0.4, -0.2) is 11.8 Å². The van der Waals surface area contributed by atoms with E-state index in [1.54, 1.807) is 6.08 Å². The maximum absolute atomic E-state index is 12.0. The number of nitrogens with one attached hydrogen (secondary N) is 1. The van der Waals surface area contributed by atoms with Crippen molar-refractivity contribution in [2.45, 2.75) is 32.2 Å². The van der Waals surface area contributed by atoms with Crippen LogP contribution in [0, 0.1) is 0 Å². The highest BCUT2D eigenvalue weighted by Crippen LogP contribution is 2.22. The van der Waals surface area contributed by atoms with Crippen LogP contribution < -0.4 is 11.1 Å². The van der Waals surface area contributed by atoms with Gasteiger partial charge in [-0.1, -0.05) is 49.1 Å². The predicted octanol–water partition coefficient (Wildman–Crippen LogP) is 2.63. The third kappa shape index (κ3) is 5.65. The van der Waals surface area contributed by atoms with E-state index in [9.17, 15) is 9.59 Å². The van der Waals surface area contributed by atoms with Crippen molar-refractivity contribution in [1.29, 1.82) is 0 Å². The molecule has 112 valence electrons. The summed E-state index contributed by atoms with van der Waals surface area (Å²) in [5.41, 5.74) is 7.00. The van der Waals surface area contributed by atoms with Crippen LogP contribution in [0.15, 0.2) is 54.6 Å². The molecule has 0 saturated carbocycles. The average molecular weight is 286 g/mol. The van der Waals surface area contributed by atoms with E-state index in [0.717, 1.165) is 11.1 Å². The van der Waals surface area contributed by atoms with Gasteiger partial charge < -0.3 is 11.1 Å². The predicted molar refractivity (Wildman–Crippen MR) is 84.3 cm³/mol. The number of allylic oxidation sites excluding steroid dienone is 1. The molecule has 3 N–H and O–H groups in total. The highest BCUT2D eigenvalue weighted by Gasteiger charge is 2.16. The van der Waals surface area contributed by atoms with Gasteiger partial charge in [-0.05, 0) is 24.5 Å². The van der Waals surface area contributed by atoms with Crippen molar-refractivity contribution in [3.05, 3.63) is 60.2 Å². The molecule has 0 spiro atoms. The van der Waals surface area contributed by atoms with Crippen molar-refractivity contribution in [1.82, 2.24) is 5.32 Å². The van der Waals surface area contributed by atoms with E-state index >= 15 is 0 Å². The van der Waals surface area contributed by atoms with E-state index in [0.29, 0.717) is 6.42 Å². The molecule has 0 radical (unpaired) electrons. The maximum Gasteiger partial charge on any atom is 0.220 e. The monoisotopic (exact) mass is 286 g/mol. The summed E-state index contributed by atoms with van der Waals surface area (Å²) >= 11 is 0. The number of amides is 2. The van der Waals surface area contributed by atoms with Crippen LogP contribution in [0.2, 0.25) is 0 Å². The van der Waals surface area contributed by atoms with Crippen LogP contribution in [0.4, 0.5) is 0 Å². The minimum Gasteiger partial charge on any atom is -0.370 e. The smallest absolute Gasteiger partial charge is 0.220 e. The Morgan fingerprint density at radius 3 is 2.48 bits per heavy atom. The molecular weight excluding hydrogens is 264 g/mol. The van der Waals surface area contributed by atoms with Crippen molar-refractivity contribution in [2.75, 3.05) is 0 Å². The van der Waals surface area contributed by atoms with Gasteiger partial charge in [0.15, 0.2) is 0 Å². The molecule has 0 heterocycles. The fourth-order valence-corrected chi connectivity index (χ4v) is 2.06. The normalized spacial score (nSPS) is 12.5. The second kappa shape index (κ2) is 8.74. The number of benzene rings is 1. The molecule has 1 atom stereocenters. The summed E-state index contributed by atoms with van der Waals surface area (Å²) < 4.78 is 0. The first kappa shape index (κ1) is 16.7. The zero-order chi connectivity index (χ0) is 15.7. The summed E-state index contributed by atoms with van der Waals surface area (Å²) in [6, 6.07) is 9.48. The fraction of sp³-hybridized carbons (Fsp3) is 0.294. The Bertz CT molecular complexity index is 521. The quantitative estimate of drug-likeness (QED) is 0.721. The van der Waals surface area contributed by atoms with E-state index in [1.807, 2.05) is 43.3 Å². The summed E-state index contributed by atoms with van der Waals surface area (Å²) in [5, 5.41) is 2.98. The molecular formula is C17H22N2O2. The average Bonchev–Trinajstić information content (AvgIpc) is 2.48. The van der Waals surface area contributed by atoms with Crippen LogP contribution in [-0.2, 0) is 9.59 Å². The summed E-state index contributed by atoms with van der Waals surface area (Å²) in [6.45, 7) is 5.70. The van der Waals surface area contributed by atoms with Gasteiger partial charge in [0.25, 0.3) is 0 Å². The van der Waals surface area contributed by atoms with Crippen LogP contribution in [0.1, 0.15) is 37.8 Å². The third-order valence-corrected chi connectivity index (χ3v) is 3.17. The Hall–Kier alpha value is -2.36. The number of nitrogens with two attached hydrogens (primary N) is 1. The number of rotatable bonds is 8. The first-order chi connectivity index (χ1) is 10.1. The van der Waals surface area contributed by atoms with Gasteiger partial charge in [-0.3, -0.25) is 9.59 Å². The SMILES string of the molecule is C=C/C(=C\C)C(NC(=O)CCCC(N)=O)c1ccccc1. The summed E-state index contributed by atoms with van der Waals surface area (Å²) in [4.78, 5) is 22.7. The zero-order valence-corrected chi connectivity index (χ0v) is 12.3. The molecule has 0 aromatic heterocycles. The molecule has 0 bridgehead atoms. The molecule has 4 nitrogen and oxygen atoms in total. The largest absolute Gasteiger partial charge is 0.370 e. The van der Waals surface area contributed by atoms with Gasteiger partial charge in [-0.25, -0.2) is 0 Å². The van der Waals surface area contributed by atoms with E-state index < -0.39 is 0 Å². The minimum atomic E-state index is -0.386. The van der Waals surface area contributed by atoms with Crippen LogP contribution in [0.5, 0.6) is 0 Å². The standard InChI is InChI=1S/C17H22N2O2/c1-3-13(4-2)17(14-9-6-5-7-10-14)19-16(21)12-8-11-15(18)20/h3-7,9-10,17H,1,8,11-12H2,2H3,(H2,18,20)(H,19,21)/b13-4+. The van der Waals surface area contributed by atoms with Gasteiger partial charge in [0.1, 0.15) is 0 Å². The minimum absolute atomic E-state index is 0.105. The van der Waals surface area contributed by atoms with Gasteiger partial charge in [0, 0.05) is 12.8 Å². The number of hydrogen-bond donors (Lipinski definition) is 2. The Balaban J connectivity index is 2.77. The molecule has 1 rings (SSSR count). The lowest BCUT2D eigenvalue weighted by atomic mass is 9.98. The number of carbonyl (C=O) groups is 2. The summed E-state index contributed by atoms with van der Waals surface area (Å²) in [6.07, 6.45) is 4.62. The third-order valence-electron chi connectivity index (χ3n) is 3.17. The summed E-state index contributed by atoms with van der Waals surface area (Å²) in [7, 11) is 0. The fourth-order valence-electron chi connectivity index (χ4n) is 2.06. The Morgan fingerprint density at radius 2 is 1.95 bits per heavy atom. The Morgan fingerprint density at radius 1 is 1.29 bits per heavy atom. The molecule has 1 unspecified atom stereocenters. The second-order valence-electron chi connectivity index (χ2n) is 4.72. The van der Waals surface area contributed by atoms with Crippen molar-refractivity contribution < 1.29 is 9.59 Å². The van der Waals surface area contributed by atoms with Gasteiger partial charge in [-0.2, -0.15) is 0 Å². The second-order valence-corrected chi connectivity index (χ2v) is 4.72. The molecule has 0 aliphatic carbocycles. The lowest BCUT2D eigenvalue weighted by Crippen LogP contribution is -2.29. The van der Waals surface area contributed by atoms with Crippen molar-refractivity contribution in [3.8, 4) is 0 Å². The van der Waals surface area contributed by atoms with Crippen molar-refractivity contribution in [2.24, 2.45) is 5.73 Å². The van der Waals surface area contributed by atoms with Crippen LogP contribution in [0.25, 0.3) is 0 Å². The number of carbonyl (C=O) groups excluding carboxylic acids is 2. The molecule has 0 fully saturated rings. The van der Waals surface area contributed by atoms with Gasteiger partial charge in [0.2, 0.25) is 11.8 Å². The van der Waals surface area contributed by atoms with E-state index in [2.05, 4.69) is 11.9 Å². The highest BCUT2D eigenvalue weighted by atomic mass is 16.2. The molecule has 1 aromatic rings. The lowest BCUT2D eigenvalue weighted by molar-refractivity contribution is -0.122. The zero-order valence-electron chi connectivity index (χ0n) is 12.3.